The molecule has 4 aromatic rings. The number of carbonyl (C=O) groups excluding carboxylic acids is 1. The summed E-state index contributed by atoms with van der Waals surface area (Å²) in [5.74, 6) is 0.496. The maximum Gasteiger partial charge on any atom is 0.261 e. The number of nitrogens with zero attached hydrogens (tertiary/aromatic N) is 3. The van der Waals surface area contributed by atoms with E-state index in [4.69, 9.17) is 4.98 Å². The van der Waals surface area contributed by atoms with Crippen molar-refractivity contribution < 1.29 is 4.79 Å². The molecule has 5 nitrogen and oxygen atoms in total. The lowest BCUT2D eigenvalue weighted by Gasteiger charge is -2.31. The van der Waals surface area contributed by atoms with E-state index in [2.05, 4.69) is 0 Å². The quantitative estimate of drug-likeness (QED) is 0.327. The predicted molar refractivity (Wildman–Crippen MR) is 137 cm³/mol. The zero-order chi connectivity index (χ0) is 23.9. The summed E-state index contributed by atoms with van der Waals surface area (Å²) in [6.07, 6.45) is 4.06. The van der Waals surface area contributed by atoms with Gasteiger partial charge in [0, 0.05) is 19.2 Å². The SMILES string of the molecule is CCC(c1nc2ccccc2c(=O)n1CC)N(Cc1ccccc1)C(=O)/C=C/c1ccccc1. The van der Waals surface area contributed by atoms with Gasteiger partial charge in [0.1, 0.15) is 5.82 Å². The van der Waals surface area contributed by atoms with Gasteiger partial charge < -0.3 is 4.90 Å². The molecule has 0 fully saturated rings. The van der Waals surface area contributed by atoms with E-state index in [0.29, 0.717) is 36.2 Å². The summed E-state index contributed by atoms with van der Waals surface area (Å²) in [5.41, 5.74) is 2.55. The van der Waals surface area contributed by atoms with Crippen LogP contribution < -0.4 is 5.56 Å². The Hall–Kier alpha value is -3.99. The highest BCUT2D eigenvalue weighted by Crippen LogP contribution is 2.26. The lowest BCUT2D eigenvalue weighted by atomic mass is 10.1. The Balaban J connectivity index is 1.80. The third-order valence-corrected chi connectivity index (χ3v) is 5.97. The van der Waals surface area contributed by atoms with Gasteiger partial charge in [-0.05, 0) is 42.7 Å². The zero-order valence-corrected chi connectivity index (χ0v) is 19.6. The van der Waals surface area contributed by atoms with E-state index in [1.54, 1.807) is 16.7 Å². The van der Waals surface area contributed by atoms with Crippen LogP contribution in [0.2, 0.25) is 0 Å². The van der Waals surface area contributed by atoms with E-state index in [-0.39, 0.29) is 17.5 Å². The molecule has 5 heteroatoms. The first-order valence-electron chi connectivity index (χ1n) is 11.7. The van der Waals surface area contributed by atoms with Crippen LogP contribution in [0, 0.1) is 0 Å². The summed E-state index contributed by atoms with van der Waals surface area (Å²) in [6.45, 7) is 4.87. The molecule has 0 bridgehead atoms. The molecule has 34 heavy (non-hydrogen) atoms. The van der Waals surface area contributed by atoms with Crippen molar-refractivity contribution in [3.8, 4) is 0 Å². The third kappa shape index (κ3) is 4.99. The fourth-order valence-electron chi connectivity index (χ4n) is 4.24. The third-order valence-electron chi connectivity index (χ3n) is 5.97. The molecular weight excluding hydrogens is 422 g/mol. The molecule has 0 N–H and O–H groups in total. The molecule has 0 saturated carbocycles. The van der Waals surface area contributed by atoms with Gasteiger partial charge in [-0.3, -0.25) is 14.2 Å². The van der Waals surface area contributed by atoms with Crippen molar-refractivity contribution in [1.82, 2.24) is 14.5 Å². The molecular formula is C29H29N3O2. The molecule has 3 aromatic carbocycles. The summed E-state index contributed by atoms with van der Waals surface area (Å²) in [7, 11) is 0. The number of carbonyl (C=O) groups is 1. The first-order valence-corrected chi connectivity index (χ1v) is 11.7. The number of para-hydroxylation sites is 1. The largest absolute Gasteiger partial charge is 0.325 e. The second kappa shape index (κ2) is 10.8. The van der Waals surface area contributed by atoms with Crippen LogP contribution in [-0.4, -0.2) is 20.4 Å². The Morgan fingerprint density at radius 3 is 2.26 bits per heavy atom. The molecule has 0 saturated heterocycles. The van der Waals surface area contributed by atoms with Gasteiger partial charge in [-0.15, -0.1) is 0 Å². The number of amides is 1. The highest BCUT2D eigenvalue weighted by Gasteiger charge is 2.27. The van der Waals surface area contributed by atoms with Crippen molar-refractivity contribution in [2.45, 2.75) is 39.4 Å². The Kier molecular flexibility index (Phi) is 7.33. The van der Waals surface area contributed by atoms with E-state index in [9.17, 15) is 9.59 Å². The molecule has 1 aromatic heterocycles. The normalized spacial score (nSPS) is 12.2. The Labute approximate surface area is 200 Å². The molecule has 0 radical (unpaired) electrons. The molecule has 1 heterocycles. The molecule has 0 spiro atoms. The Bertz CT molecular complexity index is 1340. The summed E-state index contributed by atoms with van der Waals surface area (Å²) in [4.78, 5) is 33.5. The van der Waals surface area contributed by atoms with Gasteiger partial charge in [0.25, 0.3) is 5.56 Å². The van der Waals surface area contributed by atoms with E-state index in [1.807, 2.05) is 104 Å². The van der Waals surface area contributed by atoms with Gasteiger partial charge in [0.2, 0.25) is 5.91 Å². The number of hydrogen-bond donors (Lipinski definition) is 0. The van der Waals surface area contributed by atoms with Gasteiger partial charge >= 0.3 is 0 Å². The first kappa shape index (κ1) is 23.2. The van der Waals surface area contributed by atoms with Crippen LogP contribution in [0.25, 0.3) is 17.0 Å². The van der Waals surface area contributed by atoms with Crippen molar-refractivity contribution in [3.63, 3.8) is 0 Å². The number of fused-ring (bicyclic) bond motifs is 1. The van der Waals surface area contributed by atoms with Crippen LogP contribution in [0.4, 0.5) is 0 Å². The predicted octanol–water partition coefficient (Wildman–Crippen LogP) is 5.61. The van der Waals surface area contributed by atoms with Gasteiger partial charge in [-0.25, -0.2) is 4.98 Å². The first-order chi connectivity index (χ1) is 16.6. The molecule has 172 valence electrons. The van der Waals surface area contributed by atoms with E-state index < -0.39 is 0 Å². The second-order valence-corrected chi connectivity index (χ2v) is 8.16. The van der Waals surface area contributed by atoms with Crippen molar-refractivity contribution >= 4 is 22.9 Å². The fourth-order valence-corrected chi connectivity index (χ4v) is 4.24. The van der Waals surface area contributed by atoms with Crippen molar-refractivity contribution in [2.75, 3.05) is 0 Å². The van der Waals surface area contributed by atoms with Gasteiger partial charge in [0.15, 0.2) is 0 Å². The Morgan fingerprint density at radius 1 is 0.941 bits per heavy atom. The average molecular weight is 452 g/mol. The molecule has 4 rings (SSSR count). The fraction of sp³-hybridized carbons (Fsp3) is 0.207. The number of benzene rings is 3. The van der Waals surface area contributed by atoms with E-state index >= 15 is 0 Å². The van der Waals surface area contributed by atoms with E-state index in [0.717, 1.165) is 11.1 Å². The summed E-state index contributed by atoms with van der Waals surface area (Å²) >= 11 is 0. The van der Waals surface area contributed by atoms with Crippen LogP contribution in [0.1, 0.15) is 43.3 Å². The second-order valence-electron chi connectivity index (χ2n) is 8.16. The highest BCUT2D eigenvalue weighted by molar-refractivity contribution is 5.92. The zero-order valence-electron chi connectivity index (χ0n) is 19.6. The summed E-state index contributed by atoms with van der Waals surface area (Å²) < 4.78 is 1.70. The minimum absolute atomic E-state index is 0.0755. The monoisotopic (exact) mass is 451 g/mol. The summed E-state index contributed by atoms with van der Waals surface area (Å²) in [5, 5.41) is 0.591. The summed E-state index contributed by atoms with van der Waals surface area (Å²) in [6, 6.07) is 26.7. The molecule has 1 unspecified atom stereocenters. The lowest BCUT2D eigenvalue weighted by molar-refractivity contribution is -0.129. The minimum atomic E-state index is -0.356. The molecule has 0 aliphatic rings. The van der Waals surface area contributed by atoms with Crippen LogP contribution in [0.5, 0.6) is 0 Å². The maximum absolute atomic E-state index is 13.6. The molecule has 0 aliphatic carbocycles. The van der Waals surface area contributed by atoms with Crippen LogP contribution in [-0.2, 0) is 17.9 Å². The van der Waals surface area contributed by atoms with Gasteiger partial charge in [-0.2, -0.15) is 0 Å². The van der Waals surface area contributed by atoms with Gasteiger partial charge in [0.05, 0.1) is 16.9 Å². The Morgan fingerprint density at radius 2 is 1.59 bits per heavy atom. The average Bonchev–Trinajstić information content (AvgIpc) is 2.88. The molecule has 1 atom stereocenters. The van der Waals surface area contributed by atoms with Crippen LogP contribution >= 0.6 is 0 Å². The van der Waals surface area contributed by atoms with Crippen LogP contribution in [0.3, 0.4) is 0 Å². The highest BCUT2D eigenvalue weighted by atomic mass is 16.2. The lowest BCUT2D eigenvalue weighted by Crippen LogP contribution is -2.37. The number of aromatic nitrogens is 2. The van der Waals surface area contributed by atoms with Crippen LogP contribution in [0.15, 0.2) is 95.8 Å². The minimum Gasteiger partial charge on any atom is -0.325 e. The topological polar surface area (TPSA) is 55.2 Å². The van der Waals surface area contributed by atoms with Gasteiger partial charge in [-0.1, -0.05) is 79.7 Å². The standard InChI is InChI=1S/C29H29N3O2/c1-3-26(28-30-25-18-12-11-17-24(25)29(34)31(28)4-2)32(21-23-15-9-6-10-16-23)27(33)20-19-22-13-7-5-8-14-22/h5-20,26H,3-4,21H2,1-2H3/b20-19+. The maximum atomic E-state index is 13.6. The molecule has 1 amide bonds. The number of rotatable bonds is 8. The molecule has 0 aliphatic heterocycles. The van der Waals surface area contributed by atoms with Crippen molar-refractivity contribution in [3.05, 3.63) is 118 Å². The smallest absolute Gasteiger partial charge is 0.261 e. The van der Waals surface area contributed by atoms with Crippen molar-refractivity contribution in [2.24, 2.45) is 0 Å². The van der Waals surface area contributed by atoms with Crippen molar-refractivity contribution in [1.29, 1.82) is 0 Å². The van der Waals surface area contributed by atoms with E-state index in [1.165, 1.54) is 0 Å². The number of hydrogen-bond acceptors (Lipinski definition) is 3.